The predicted molar refractivity (Wildman–Crippen MR) is 97.7 cm³/mol. The molecule has 2 heterocycles. The van der Waals surface area contributed by atoms with E-state index in [2.05, 4.69) is 5.10 Å². The summed E-state index contributed by atoms with van der Waals surface area (Å²) in [6, 6.07) is 17.1. The number of nitrogens with zero attached hydrogens (tertiary/aromatic N) is 3. The largest absolute Gasteiger partial charge is 0.370 e. The number of hydrogen-bond donors (Lipinski definition) is 0. The van der Waals surface area contributed by atoms with Crippen LogP contribution >= 0.6 is 0 Å². The molecule has 132 valence electrons. The van der Waals surface area contributed by atoms with E-state index in [1.807, 2.05) is 48.5 Å². The van der Waals surface area contributed by atoms with Crippen LogP contribution in [0.15, 0.2) is 65.6 Å². The van der Waals surface area contributed by atoms with Crippen LogP contribution in [0.1, 0.15) is 11.7 Å². The molecule has 0 N–H and O–H groups in total. The van der Waals surface area contributed by atoms with Crippen molar-refractivity contribution < 1.29 is 9.53 Å². The molecule has 0 spiro atoms. The number of hydrogen-bond acceptors (Lipinski definition) is 4. The molecule has 26 heavy (non-hydrogen) atoms. The molecule has 3 aromatic rings. The maximum absolute atomic E-state index is 12.7. The summed E-state index contributed by atoms with van der Waals surface area (Å²) in [7, 11) is 0. The van der Waals surface area contributed by atoms with Gasteiger partial charge in [-0.1, -0.05) is 48.5 Å². The third-order valence-electron chi connectivity index (χ3n) is 4.64. The van der Waals surface area contributed by atoms with E-state index in [1.54, 1.807) is 17.2 Å². The van der Waals surface area contributed by atoms with E-state index < -0.39 is 0 Å². The smallest absolute Gasteiger partial charge is 0.275 e. The number of aromatic nitrogens is 2. The Bertz CT molecular complexity index is 984. The molecular weight excluding hydrogens is 330 g/mol. The topological polar surface area (TPSA) is 64.4 Å². The van der Waals surface area contributed by atoms with Crippen LogP contribution in [0.4, 0.5) is 0 Å². The van der Waals surface area contributed by atoms with Crippen molar-refractivity contribution in [1.29, 1.82) is 0 Å². The first-order valence-electron chi connectivity index (χ1n) is 8.61. The van der Waals surface area contributed by atoms with Crippen LogP contribution in [-0.4, -0.2) is 40.3 Å². The van der Waals surface area contributed by atoms with Crippen molar-refractivity contribution in [3.8, 4) is 0 Å². The quantitative estimate of drug-likeness (QED) is 0.725. The summed E-state index contributed by atoms with van der Waals surface area (Å²) in [5, 5.41) is 5.49. The zero-order valence-corrected chi connectivity index (χ0v) is 14.2. The van der Waals surface area contributed by atoms with Crippen molar-refractivity contribution in [2.24, 2.45) is 0 Å². The van der Waals surface area contributed by atoms with Gasteiger partial charge in [0.1, 0.15) is 12.6 Å². The van der Waals surface area contributed by atoms with E-state index >= 15 is 0 Å². The average Bonchev–Trinajstić information content (AvgIpc) is 2.71. The highest BCUT2D eigenvalue weighted by Gasteiger charge is 2.25. The van der Waals surface area contributed by atoms with Crippen molar-refractivity contribution >= 4 is 16.7 Å². The first-order valence-corrected chi connectivity index (χ1v) is 8.61. The van der Waals surface area contributed by atoms with Gasteiger partial charge in [-0.25, -0.2) is 4.68 Å². The van der Waals surface area contributed by atoms with Crippen molar-refractivity contribution in [3.63, 3.8) is 0 Å². The minimum absolute atomic E-state index is 0.0643. The highest BCUT2D eigenvalue weighted by Crippen LogP contribution is 2.22. The highest BCUT2D eigenvalue weighted by molar-refractivity contribution is 5.81. The molecule has 1 amide bonds. The maximum atomic E-state index is 12.7. The number of ether oxygens (including phenoxy) is 1. The normalized spacial score (nSPS) is 17.4. The van der Waals surface area contributed by atoms with Gasteiger partial charge in [0, 0.05) is 11.9 Å². The van der Waals surface area contributed by atoms with Crippen molar-refractivity contribution in [2.45, 2.75) is 12.6 Å². The standard InChI is InChI=1S/C20H19N3O3/c24-19(14-23-20(25)17-9-5-4-8-16(17)12-21-23)22-10-11-26-18(13-22)15-6-2-1-3-7-15/h1-9,12,18H,10-11,13-14H2/t18-/m0/s1. The Kier molecular flexibility index (Phi) is 4.50. The second kappa shape index (κ2) is 7.09. The number of amides is 1. The van der Waals surface area contributed by atoms with E-state index in [4.69, 9.17) is 4.74 Å². The molecule has 1 fully saturated rings. The minimum atomic E-state index is -0.246. The molecule has 1 aliphatic heterocycles. The van der Waals surface area contributed by atoms with E-state index in [0.717, 1.165) is 10.9 Å². The van der Waals surface area contributed by atoms with Crippen LogP contribution in [-0.2, 0) is 16.1 Å². The molecule has 0 bridgehead atoms. The Balaban J connectivity index is 1.51. The molecule has 4 rings (SSSR count). The van der Waals surface area contributed by atoms with Gasteiger partial charge in [0.05, 0.1) is 24.7 Å². The van der Waals surface area contributed by atoms with E-state index in [-0.39, 0.29) is 24.1 Å². The number of carbonyl (C=O) groups excluding carboxylic acids is 1. The van der Waals surface area contributed by atoms with Crippen LogP contribution in [0.3, 0.4) is 0 Å². The number of fused-ring (bicyclic) bond motifs is 1. The van der Waals surface area contributed by atoms with Crippen molar-refractivity contribution in [3.05, 3.63) is 76.7 Å². The van der Waals surface area contributed by atoms with Gasteiger partial charge in [0.25, 0.3) is 5.56 Å². The molecule has 0 unspecified atom stereocenters. The summed E-state index contributed by atoms with van der Waals surface area (Å²) in [4.78, 5) is 27.0. The summed E-state index contributed by atoms with van der Waals surface area (Å²) in [5.74, 6) is -0.126. The Labute approximate surface area is 150 Å². The SMILES string of the molecule is O=C(Cn1ncc2ccccc2c1=O)N1CCO[C@H](c2ccccc2)C1. The summed E-state index contributed by atoms with van der Waals surface area (Å²) < 4.78 is 7.03. The fraction of sp³-hybridized carbons (Fsp3) is 0.250. The Morgan fingerprint density at radius 2 is 1.88 bits per heavy atom. The molecule has 1 saturated heterocycles. The average molecular weight is 349 g/mol. The maximum Gasteiger partial charge on any atom is 0.275 e. The number of benzene rings is 2. The zero-order chi connectivity index (χ0) is 17.9. The summed E-state index contributed by atoms with van der Waals surface area (Å²) in [5.41, 5.74) is 0.801. The lowest BCUT2D eigenvalue weighted by Gasteiger charge is -2.33. The first kappa shape index (κ1) is 16.5. The van der Waals surface area contributed by atoms with E-state index in [9.17, 15) is 9.59 Å². The molecule has 6 heteroatoms. The van der Waals surface area contributed by atoms with Crippen LogP contribution < -0.4 is 5.56 Å². The third kappa shape index (κ3) is 3.23. The lowest BCUT2D eigenvalue weighted by atomic mass is 10.1. The molecule has 1 aromatic heterocycles. The second-order valence-electron chi connectivity index (χ2n) is 6.30. The fourth-order valence-corrected chi connectivity index (χ4v) is 3.21. The molecule has 6 nitrogen and oxygen atoms in total. The number of carbonyl (C=O) groups is 1. The molecule has 2 aromatic carbocycles. The summed E-state index contributed by atoms with van der Waals surface area (Å²) in [6.07, 6.45) is 1.48. The van der Waals surface area contributed by atoms with Gasteiger partial charge in [-0.2, -0.15) is 5.10 Å². The van der Waals surface area contributed by atoms with Gasteiger partial charge in [0.15, 0.2) is 0 Å². The molecule has 0 aliphatic carbocycles. The first-order chi connectivity index (χ1) is 12.7. The molecule has 1 atom stereocenters. The van der Waals surface area contributed by atoms with Gasteiger partial charge in [-0.15, -0.1) is 0 Å². The van der Waals surface area contributed by atoms with E-state index in [1.165, 1.54) is 4.68 Å². The highest BCUT2D eigenvalue weighted by atomic mass is 16.5. The van der Waals surface area contributed by atoms with Crippen molar-refractivity contribution in [1.82, 2.24) is 14.7 Å². The molecule has 0 radical (unpaired) electrons. The fourth-order valence-electron chi connectivity index (χ4n) is 3.21. The number of morpholine rings is 1. The summed E-state index contributed by atoms with van der Waals surface area (Å²) in [6.45, 7) is 1.41. The Morgan fingerprint density at radius 1 is 1.12 bits per heavy atom. The van der Waals surface area contributed by atoms with Crippen LogP contribution in [0, 0.1) is 0 Å². The van der Waals surface area contributed by atoms with Gasteiger partial charge < -0.3 is 9.64 Å². The van der Waals surface area contributed by atoms with Crippen LogP contribution in [0.2, 0.25) is 0 Å². The van der Waals surface area contributed by atoms with Gasteiger partial charge >= 0.3 is 0 Å². The van der Waals surface area contributed by atoms with Gasteiger partial charge in [0.2, 0.25) is 5.91 Å². The molecule has 0 saturated carbocycles. The van der Waals surface area contributed by atoms with E-state index in [0.29, 0.717) is 25.1 Å². The Morgan fingerprint density at radius 3 is 2.73 bits per heavy atom. The van der Waals surface area contributed by atoms with Gasteiger partial charge in [-0.05, 0) is 11.6 Å². The zero-order valence-electron chi connectivity index (χ0n) is 14.2. The van der Waals surface area contributed by atoms with Crippen molar-refractivity contribution in [2.75, 3.05) is 19.7 Å². The third-order valence-corrected chi connectivity index (χ3v) is 4.64. The van der Waals surface area contributed by atoms with Crippen LogP contribution in [0.5, 0.6) is 0 Å². The monoisotopic (exact) mass is 349 g/mol. The van der Waals surface area contributed by atoms with Gasteiger partial charge in [-0.3, -0.25) is 9.59 Å². The summed E-state index contributed by atoms with van der Waals surface area (Å²) >= 11 is 0. The lowest BCUT2D eigenvalue weighted by Crippen LogP contribution is -2.44. The second-order valence-corrected chi connectivity index (χ2v) is 6.30. The number of rotatable bonds is 3. The van der Waals surface area contributed by atoms with Crippen LogP contribution in [0.25, 0.3) is 10.8 Å². The lowest BCUT2D eigenvalue weighted by molar-refractivity contribution is -0.139. The molecular formula is C20H19N3O3. The predicted octanol–water partition coefficient (Wildman–Crippen LogP) is 2.00. The minimum Gasteiger partial charge on any atom is -0.370 e. The Hall–Kier alpha value is -2.99. The molecule has 1 aliphatic rings.